The number of rotatable bonds is 3. The molecular weight excluding hydrogens is 312 g/mol. The van der Waals surface area contributed by atoms with Crippen molar-refractivity contribution in [3.63, 3.8) is 0 Å². The normalized spacial score (nSPS) is 24.1. The zero-order valence-corrected chi connectivity index (χ0v) is 13.7. The van der Waals surface area contributed by atoms with Crippen LogP contribution in [0.5, 0.6) is 5.75 Å². The van der Waals surface area contributed by atoms with Crippen LogP contribution in [0.1, 0.15) is 31.7 Å². The van der Waals surface area contributed by atoms with Crippen LogP contribution in [0.3, 0.4) is 0 Å². The van der Waals surface area contributed by atoms with Crippen molar-refractivity contribution in [2.24, 2.45) is 0 Å². The van der Waals surface area contributed by atoms with Crippen molar-refractivity contribution in [2.45, 2.75) is 37.8 Å². The number of halogens is 2. The van der Waals surface area contributed by atoms with Crippen LogP contribution < -0.4 is 4.74 Å². The number of hydrogen-bond donors (Lipinski definition) is 0. The van der Waals surface area contributed by atoms with Gasteiger partial charge in [-0.1, -0.05) is 0 Å². The highest BCUT2D eigenvalue weighted by Crippen LogP contribution is 2.39. The summed E-state index contributed by atoms with van der Waals surface area (Å²) < 4.78 is 35.6. The Balaban J connectivity index is 1.80. The van der Waals surface area contributed by atoms with Crippen molar-refractivity contribution in [3.8, 4) is 17.1 Å². The highest BCUT2D eigenvalue weighted by Gasteiger charge is 2.37. The molecule has 6 heteroatoms. The number of piperidine rings is 1. The van der Waals surface area contributed by atoms with E-state index in [4.69, 9.17) is 4.74 Å². The second kappa shape index (κ2) is 6.16. The molecule has 128 valence electrons. The largest absolute Gasteiger partial charge is 0.496 e. The van der Waals surface area contributed by atoms with Gasteiger partial charge in [0.15, 0.2) is 11.6 Å². The van der Waals surface area contributed by atoms with E-state index < -0.39 is 11.6 Å². The van der Waals surface area contributed by atoms with E-state index in [-0.39, 0.29) is 11.6 Å². The van der Waals surface area contributed by atoms with Crippen LogP contribution in [-0.4, -0.2) is 40.7 Å². The van der Waals surface area contributed by atoms with Gasteiger partial charge < -0.3 is 9.30 Å². The van der Waals surface area contributed by atoms with E-state index in [2.05, 4.69) is 9.88 Å². The topological polar surface area (TPSA) is 30.3 Å². The number of imidazole rings is 1. The van der Waals surface area contributed by atoms with Crippen LogP contribution in [0.15, 0.2) is 24.5 Å². The number of methoxy groups -OCH3 is 1. The van der Waals surface area contributed by atoms with Crippen molar-refractivity contribution in [2.75, 3.05) is 20.2 Å². The third-order valence-corrected chi connectivity index (χ3v) is 5.33. The van der Waals surface area contributed by atoms with Gasteiger partial charge in [0.05, 0.1) is 18.7 Å². The second-order valence-electron chi connectivity index (χ2n) is 6.55. The molecule has 4 nitrogen and oxygen atoms in total. The molecule has 0 N–H and O–H groups in total. The van der Waals surface area contributed by atoms with E-state index in [1.807, 2.05) is 10.8 Å². The molecule has 24 heavy (non-hydrogen) atoms. The van der Waals surface area contributed by atoms with Gasteiger partial charge in [0, 0.05) is 18.4 Å². The van der Waals surface area contributed by atoms with Gasteiger partial charge in [-0.25, -0.2) is 13.8 Å². The number of aromatic nitrogens is 2. The summed E-state index contributed by atoms with van der Waals surface area (Å²) in [6.45, 7) is 2.26. The minimum absolute atomic E-state index is 0.109. The zero-order valence-electron chi connectivity index (χ0n) is 13.7. The molecule has 0 unspecified atom stereocenters. The quantitative estimate of drug-likeness (QED) is 0.859. The van der Waals surface area contributed by atoms with Crippen LogP contribution in [0.25, 0.3) is 11.4 Å². The molecule has 3 heterocycles. The molecule has 2 fully saturated rings. The van der Waals surface area contributed by atoms with E-state index in [1.54, 1.807) is 6.20 Å². The number of nitrogens with zero attached hydrogens (tertiary/aromatic N) is 3. The van der Waals surface area contributed by atoms with Crippen molar-refractivity contribution < 1.29 is 13.5 Å². The Morgan fingerprint density at radius 1 is 1.12 bits per heavy atom. The number of benzene rings is 1. The van der Waals surface area contributed by atoms with Gasteiger partial charge in [-0.05, 0) is 50.9 Å². The molecule has 2 saturated heterocycles. The lowest BCUT2D eigenvalue weighted by Gasteiger charge is -2.38. The highest BCUT2D eigenvalue weighted by molar-refractivity contribution is 5.65. The van der Waals surface area contributed by atoms with Gasteiger partial charge in [-0.3, -0.25) is 4.90 Å². The first-order valence-electron chi connectivity index (χ1n) is 8.50. The molecule has 0 amide bonds. The standard InChI is InChI=1S/C18H21F2N3O/c1-24-15-7-6-12(19)17(20)16(15)18-21-8-11-23(18)14-5-3-10-22-9-2-4-13(14)22/h6-8,11,13-14H,2-5,9-10H2,1H3/t13-,14-/m1/s1. The zero-order chi connectivity index (χ0) is 16.7. The summed E-state index contributed by atoms with van der Waals surface area (Å²) >= 11 is 0. The first-order valence-corrected chi connectivity index (χ1v) is 8.50. The molecule has 2 atom stereocenters. The van der Waals surface area contributed by atoms with E-state index >= 15 is 0 Å². The summed E-state index contributed by atoms with van der Waals surface area (Å²) in [5.74, 6) is -1.03. The van der Waals surface area contributed by atoms with Crippen LogP contribution in [0.4, 0.5) is 8.78 Å². The predicted molar refractivity (Wildman–Crippen MR) is 87.0 cm³/mol. The van der Waals surface area contributed by atoms with Gasteiger partial charge in [0.25, 0.3) is 0 Å². The summed E-state index contributed by atoms with van der Waals surface area (Å²) in [6.07, 6.45) is 8.03. The lowest BCUT2D eigenvalue weighted by atomic mass is 9.95. The van der Waals surface area contributed by atoms with Gasteiger partial charge in [0.1, 0.15) is 11.6 Å². The van der Waals surface area contributed by atoms with E-state index in [0.29, 0.717) is 17.6 Å². The van der Waals surface area contributed by atoms with Crippen LogP contribution >= 0.6 is 0 Å². The Kier molecular flexibility index (Phi) is 4.00. The Labute approximate surface area is 140 Å². The van der Waals surface area contributed by atoms with Gasteiger partial charge in [-0.15, -0.1) is 0 Å². The molecule has 1 aromatic heterocycles. The smallest absolute Gasteiger partial charge is 0.173 e. The lowest BCUT2D eigenvalue weighted by molar-refractivity contribution is 0.139. The summed E-state index contributed by atoms with van der Waals surface area (Å²) in [7, 11) is 1.46. The molecule has 0 saturated carbocycles. The van der Waals surface area contributed by atoms with Gasteiger partial charge >= 0.3 is 0 Å². The minimum atomic E-state index is -0.902. The van der Waals surface area contributed by atoms with Crippen molar-refractivity contribution in [1.29, 1.82) is 0 Å². The van der Waals surface area contributed by atoms with E-state index in [9.17, 15) is 8.78 Å². The maximum absolute atomic E-state index is 14.5. The molecule has 2 aliphatic heterocycles. The summed E-state index contributed by atoms with van der Waals surface area (Å²) in [5, 5.41) is 0. The van der Waals surface area contributed by atoms with Crippen LogP contribution in [0, 0.1) is 11.6 Å². The Hall–Kier alpha value is -1.95. The SMILES string of the molecule is COc1ccc(F)c(F)c1-c1nccn1[C@@H]1CCCN2CCC[C@H]12. The monoisotopic (exact) mass is 333 g/mol. The molecule has 2 aliphatic rings. The molecule has 1 aromatic carbocycles. The molecule has 4 rings (SSSR count). The molecule has 0 spiro atoms. The third kappa shape index (κ3) is 2.40. The fraction of sp³-hybridized carbons (Fsp3) is 0.500. The Bertz CT molecular complexity index is 746. The first kappa shape index (κ1) is 15.6. The highest BCUT2D eigenvalue weighted by atomic mass is 19.2. The number of hydrogen-bond acceptors (Lipinski definition) is 3. The molecule has 2 aromatic rings. The van der Waals surface area contributed by atoms with Crippen molar-refractivity contribution in [3.05, 3.63) is 36.2 Å². The van der Waals surface area contributed by atoms with Crippen molar-refractivity contribution >= 4 is 0 Å². The molecule has 0 radical (unpaired) electrons. The maximum atomic E-state index is 14.5. The maximum Gasteiger partial charge on any atom is 0.173 e. The summed E-state index contributed by atoms with van der Waals surface area (Å²) in [4.78, 5) is 6.86. The summed E-state index contributed by atoms with van der Waals surface area (Å²) in [5.41, 5.74) is 0.109. The van der Waals surface area contributed by atoms with Crippen LogP contribution in [0.2, 0.25) is 0 Å². The third-order valence-electron chi connectivity index (χ3n) is 5.33. The fourth-order valence-electron chi connectivity index (χ4n) is 4.27. The second-order valence-corrected chi connectivity index (χ2v) is 6.55. The van der Waals surface area contributed by atoms with E-state index in [0.717, 1.165) is 38.4 Å². The molecule has 0 bridgehead atoms. The summed E-state index contributed by atoms with van der Waals surface area (Å²) in [6, 6.07) is 3.24. The number of fused-ring (bicyclic) bond motifs is 1. The Morgan fingerprint density at radius 2 is 1.88 bits per heavy atom. The van der Waals surface area contributed by atoms with Gasteiger partial charge in [-0.2, -0.15) is 0 Å². The van der Waals surface area contributed by atoms with E-state index in [1.165, 1.54) is 19.6 Å². The predicted octanol–water partition coefficient (Wildman–Crippen LogP) is 3.64. The van der Waals surface area contributed by atoms with Gasteiger partial charge in [0.2, 0.25) is 0 Å². The molecule has 0 aliphatic carbocycles. The Morgan fingerprint density at radius 3 is 2.62 bits per heavy atom. The van der Waals surface area contributed by atoms with Crippen LogP contribution in [-0.2, 0) is 0 Å². The average Bonchev–Trinajstić information content (AvgIpc) is 3.25. The fourth-order valence-corrected chi connectivity index (χ4v) is 4.27. The number of ether oxygens (including phenoxy) is 1. The molecular formula is C18H21F2N3O. The lowest BCUT2D eigenvalue weighted by Crippen LogP contribution is -2.41. The minimum Gasteiger partial charge on any atom is -0.496 e. The average molecular weight is 333 g/mol. The van der Waals surface area contributed by atoms with Crippen molar-refractivity contribution in [1.82, 2.24) is 14.5 Å². The first-order chi connectivity index (χ1) is 11.7.